The molecule has 0 fully saturated rings. The van der Waals surface area contributed by atoms with Crippen LogP contribution in [0.5, 0.6) is 11.5 Å². The lowest BCUT2D eigenvalue weighted by Gasteiger charge is -2.19. The first kappa shape index (κ1) is 21.9. The topological polar surface area (TPSA) is 76.7 Å². The molecule has 0 saturated heterocycles. The molecule has 0 saturated carbocycles. The predicted octanol–water partition coefficient (Wildman–Crippen LogP) is 5.11. The number of hydrogen-bond donors (Lipinski definition) is 2. The van der Waals surface area contributed by atoms with E-state index in [-0.39, 0.29) is 24.0 Å². The molecular weight excluding hydrogens is 424 g/mol. The maximum Gasteiger partial charge on any atom is 0.263 e. The molecule has 1 heterocycles. The Bertz CT molecular complexity index is 1070. The summed E-state index contributed by atoms with van der Waals surface area (Å²) in [5.41, 5.74) is 0.199. The van der Waals surface area contributed by atoms with E-state index in [1.54, 1.807) is 43.5 Å². The molecule has 0 unspecified atom stereocenters. The van der Waals surface area contributed by atoms with Gasteiger partial charge in [-0.3, -0.25) is 9.59 Å². The van der Waals surface area contributed by atoms with Crippen LogP contribution in [-0.2, 0) is 4.79 Å². The number of methoxy groups -OCH3 is 1. The van der Waals surface area contributed by atoms with Gasteiger partial charge in [0.15, 0.2) is 6.61 Å². The lowest BCUT2D eigenvalue weighted by atomic mass is 10.1. The highest BCUT2D eigenvalue weighted by Gasteiger charge is 2.22. The van der Waals surface area contributed by atoms with Crippen molar-refractivity contribution in [2.45, 2.75) is 26.3 Å². The SMILES string of the molecule is COc1ccc(OCC(=O)Nc2cccc3c(Cl)c(C(=O)NC(C)(C)C)sc23)cc1. The third kappa shape index (κ3) is 5.23. The number of anilines is 1. The first-order valence-electron chi connectivity index (χ1n) is 9.28. The Kier molecular flexibility index (Phi) is 6.53. The maximum absolute atomic E-state index is 12.6. The van der Waals surface area contributed by atoms with Crippen LogP contribution in [0.4, 0.5) is 5.69 Å². The normalized spacial score (nSPS) is 11.2. The molecule has 3 aromatic rings. The third-order valence-electron chi connectivity index (χ3n) is 4.05. The highest BCUT2D eigenvalue weighted by atomic mass is 35.5. The Morgan fingerprint density at radius 1 is 1.07 bits per heavy atom. The molecule has 1 aromatic heterocycles. The fourth-order valence-electron chi connectivity index (χ4n) is 2.74. The number of fused-ring (bicyclic) bond motifs is 1. The van der Waals surface area contributed by atoms with E-state index in [2.05, 4.69) is 10.6 Å². The second-order valence-corrected chi connectivity index (χ2v) is 9.04. The first-order valence-corrected chi connectivity index (χ1v) is 10.5. The van der Waals surface area contributed by atoms with Crippen LogP contribution in [-0.4, -0.2) is 31.1 Å². The zero-order chi connectivity index (χ0) is 21.9. The summed E-state index contributed by atoms with van der Waals surface area (Å²) in [6.07, 6.45) is 0. The number of benzene rings is 2. The second-order valence-electron chi connectivity index (χ2n) is 7.64. The Morgan fingerprint density at radius 3 is 2.37 bits per heavy atom. The molecule has 0 spiro atoms. The highest BCUT2D eigenvalue weighted by molar-refractivity contribution is 7.22. The summed E-state index contributed by atoms with van der Waals surface area (Å²) >= 11 is 7.70. The van der Waals surface area contributed by atoms with E-state index in [9.17, 15) is 9.59 Å². The molecule has 3 rings (SSSR count). The van der Waals surface area contributed by atoms with Crippen molar-refractivity contribution in [1.29, 1.82) is 0 Å². The molecule has 2 amide bonds. The van der Waals surface area contributed by atoms with Crippen molar-refractivity contribution in [3.8, 4) is 11.5 Å². The number of rotatable bonds is 6. The zero-order valence-electron chi connectivity index (χ0n) is 17.2. The number of carbonyl (C=O) groups excluding carboxylic acids is 2. The van der Waals surface area contributed by atoms with Gasteiger partial charge in [0.25, 0.3) is 11.8 Å². The average Bonchev–Trinajstić information content (AvgIpc) is 3.03. The molecule has 0 aliphatic carbocycles. The van der Waals surface area contributed by atoms with Gasteiger partial charge >= 0.3 is 0 Å². The fourth-order valence-corrected chi connectivity index (χ4v) is 4.21. The minimum Gasteiger partial charge on any atom is -0.497 e. The minimum absolute atomic E-state index is 0.154. The standard InChI is InChI=1S/C22H23ClN2O4S/c1-22(2,3)25-21(27)20-18(23)15-6-5-7-16(19(15)30-20)24-17(26)12-29-14-10-8-13(28-4)9-11-14/h5-11H,12H2,1-4H3,(H,24,26)(H,25,27). The maximum atomic E-state index is 12.6. The Morgan fingerprint density at radius 2 is 1.73 bits per heavy atom. The summed E-state index contributed by atoms with van der Waals surface area (Å²) in [7, 11) is 1.58. The molecule has 2 aromatic carbocycles. The van der Waals surface area contributed by atoms with Crippen molar-refractivity contribution in [3.05, 3.63) is 52.4 Å². The molecule has 30 heavy (non-hydrogen) atoms. The van der Waals surface area contributed by atoms with Crippen LogP contribution in [0, 0.1) is 0 Å². The van der Waals surface area contributed by atoms with Gasteiger partial charge in [0.05, 0.1) is 22.5 Å². The van der Waals surface area contributed by atoms with E-state index in [0.717, 1.165) is 10.1 Å². The number of ether oxygens (including phenoxy) is 2. The molecule has 0 aliphatic heterocycles. The molecule has 6 nitrogen and oxygen atoms in total. The van der Waals surface area contributed by atoms with Gasteiger partial charge in [0.1, 0.15) is 16.4 Å². The van der Waals surface area contributed by atoms with Crippen molar-refractivity contribution in [3.63, 3.8) is 0 Å². The first-order chi connectivity index (χ1) is 14.2. The molecule has 158 valence electrons. The minimum atomic E-state index is -0.383. The smallest absolute Gasteiger partial charge is 0.263 e. The Hall–Kier alpha value is -2.77. The zero-order valence-corrected chi connectivity index (χ0v) is 18.7. The van der Waals surface area contributed by atoms with Crippen molar-refractivity contribution in [1.82, 2.24) is 5.32 Å². The van der Waals surface area contributed by atoms with E-state index >= 15 is 0 Å². The number of thiophene rings is 1. The molecule has 8 heteroatoms. The molecule has 0 bridgehead atoms. The summed E-state index contributed by atoms with van der Waals surface area (Å²) in [6, 6.07) is 12.3. The second kappa shape index (κ2) is 8.93. The largest absolute Gasteiger partial charge is 0.497 e. The lowest BCUT2D eigenvalue weighted by Crippen LogP contribution is -2.40. The van der Waals surface area contributed by atoms with Gasteiger partial charge in [-0.25, -0.2) is 0 Å². The van der Waals surface area contributed by atoms with E-state index in [1.807, 2.05) is 26.8 Å². The molecule has 0 aliphatic rings. The molecular formula is C22H23ClN2O4S. The average molecular weight is 447 g/mol. The third-order valence-corrected chi connectivity index (χ3v) is 5.80. The van der Waals surface area contributed by atoms with Crippen LogP contribution in [0.25, 0.3) is 10.1 Å². The van der Waals surface area contributed by atoms with E-state index in [4.69, 9.17) is 21.1 Å². The predicted molar refractivity (Wildman–Crippen MR) is 121 cm³/mol. The number of nitrogens with one attached hydrogen (secondary N) is 2. The van der Waals surface area contributed by atoms with Crippen LogP contribution < -0.4 is 20.1 Å². The van der Waals surface area contributed by atoms with Gasteiger partial charge in [-0.05, 0) is 51.1 Å². The van der Waals surface area contributed by atoms with Crippen LogP contribution in [0.1, 0.15) is 30.4 Å². The van der Waals surface area contributed by atoms with Gasteiger partial charge < -0.3 is 20.1 Å². The van der Waals surface area contributed by atoms with Crippen LogP contribution >= 0.6 is 22.9 Å². The van der Waals surface area contributed by atoms with Gasteiger partial charge in [-0.1, -0.05) is 23.7 Å². The molecule has 0 atom stereocenters. The van der Waals surface area contributed by atoms with Gasteiger partial charge in [0.2, 0.25) is 0 Å². The van der Waals surface area contributed by atoms with Crippen LogP contribution in [0.15, 0.2) is 42.5 Å². The Balaban J connectivity index is 1.74. The van der Waals surface area contributed by atoms with Crippen molar-refractivity contribution < 1.29 is 19.1 Å². The number of hydrogen-bond acceptors (Lipinski definition) is 5. The van der Waals surface area contributed by atoms with Gasteiger partial charge in [-0.15, -0.1) is 11.3 Å². The molecule has 2 N–H and O–H groups in total. The highest BCUT2D eigenvalue weighted by Crippen LogP contribution is 2.39. The monoisotopic (exact) mass is 446 g/mol. The number of carbonyl (C=O) groups is 2. The van der Waals surface area contributed by atoms with Gasteiger partial charge in [-0.2, -0.15) is 0 Å². The van der Waals surface area contributed by atoms with E-state index < -0.39 is 0 Å². The summed E-state index contributed by atoms with van der Waals surface area (Å²) in [4.78, 5) is 25.4. The summed E-state index contributed by atoms with van der Waals surface area (Å²) in [5.74, 6) is 0.709. The number of halogens is 1. The van der Waals surface area contributed by atoms with Gasteiger partial charge in [0, 0.05) is 10.9 Å². The van der Waals surface area contributed by atoms with E-state index in [0.29, 0.717) is 27.1 Å². The van der Waals surface area contributed by atoms with Crippen LogP contribution in [0.3, 0.4) is 0 Å². The number of amides is 2. The van der Waals surface area contributed by atoms with Crippen molar-refractivity contribution in [2.75, 3.05) is 19.0 Å². The Labute approximate surface area is 184 Å². The lowest BCUT2D eigenvalue weighted by molar-refractivity contribution is -0.118. The molecule has 0 radical (unpaired) electrons. The summed E-state index contributed by atoms with van der Waals surface area (Å²) in [6.45, 7) is 5.56. The summed E-state index contributed by atoms with van der Waals surface area (Å²) < 4.78 is 11.4. The van der Waals surface area contributed by atoms with E-state index in [1.165, 1.54) is 11.3 Å². The van der Waals surface area contributed by atoms with Crippen molar-refractivity contribution >= 4 is 50.5 Å². The van der Waals surface area contributed by atoms with Crippen molar-refractivity contribution in [2.24, 2.45) is 0 Å². The summed E-state index contributed by atoms with van der Waals surface area (Å²) in [5, 5.41) is 6.85. The van der Waals surface area contributed by atoms with Crippen LogP contribution in [0.2, 0.25) is 5.02 Å². The quantitative estimate of drug-likeness (QED) is 0.551. The fraction of sp³-hybridized carbons (Fsp3) is 0.273.